The first-order chi connectivity index (χ1) is 12.5. The van der Waals surface area contributed by atoms with E-state index >= 15 is 0 Å². The van der Waals surface area contributed by atoms with Gasteiger partial charge in [0.25, 0.3) is 0 Å². The fourth-order valence-corrected chi connectivity index (χ4v) is 8.49. The lowest BCUT2D eigenvalue weighted by atomic mass is 9.45. The monoisotopic (exact) mass is 362 g/mol. The van der Waals surface area contributed by atoms with Gasteiger partial charge in [0.2, 0.25) is 0 Å². The Labute approximate surface area is 159 Å². The van der Waals surface area contributed by atoms with Gasteiger partial charge in [0, 0.05) is 6.42 Å². The van der Waals surface area contributed by atoms with Crippen molar-refractivity contribution >= 4 is 5.78 Å². The van der Waals surface area contributed by atoms with Crippen LogP contribution in [0.1, 0.15) is 97.3 Å². The van der Waals surface area contributed by atoms with E-state index in [9.17, 15) is 9.18 Å². The Kier molecular flexibility index (Phi) is 5.25. The van der Waals surface area contributed by atoms with E-state index in [1.54, 1.807) is 0 Å². The largest absolute Gasteiger partial charge is 0.297 e. The van der Waals surface area contributed by atoms with Crippen LogP contribution in [0.2, 0.25) is 0 Å². The molecule has 0 aromatic carbocycles. The minimum atomic E-state index is -0.770. The molecule has 2 heteroatoms. The maximum Gasteiger partial charge on any atom is 0.163 e. The number of fused-ring (bicyclic) bond motifs is 5. The molecule has 7 unspecified atom stereocenters. The quantitative estimate of drug-likeness (QED) is 0.529. The average molecular weight is 363 g/mol. The number of Topliss-reactive ketones (excluding diaryl/α,β-unsaturated/α-hetero) is 1. The summed E-state index contributed by atoms with van der Waals surface area (Å²) in [7, 11) is 0. The van der Waals surface area contributed by atoms with Crippen LogP contribution in [0, 0.1) is 40.4 Å². The summed E-state index contributed by atoms with van der Waals surface area (Å²) < 4.78 is 12.4. The summed E-state index contributed by atoms with van der Waals surface area (Å²) in [4.78, 5) is 11.3. The van der Waals surface area contributed by atoms with E-state index < -0.39 is 6.67 Å². The Morgan fingerprint density at radius 1 is 0.923 bits per heavy atom. The van der Waals surface area contributed by atoms with E-state index in [0.29, 0.717) is 17.3 Å². The van der Waals surface area contributed by atoms with Crippen molar-refractivity contribution in [3.63, 3.8) is 0 Å². The third-order valence-electron chi connectivity index (χ3n) is 9.94. The average Bonchev–Trinajstić information content (AvgIpc) is 2.97. The minimum absolute atomic E-state index is 0.197. The standard InChI is InChI=1S/C24H39FO/c1-23-14-4-3-6-17(23)9-11-20-21-12-10-18(7-5-8-19(26)16-25)24(21,2)15-13-22(20)23/h17-18,20-22H,3-16H2,1-2H3. The van der Waals surface area contributed by atoms with Crippen molar-refractivity contribution in [2.24, 2.45) is 40.4 Å². The molecule has 4 aliphatic rings. The van der Waals surface area contributed by atoms with Crippen molar-refractivity contribution in [2.45, 2.75) is 97.3 Å². The van der Waals surface area contributed by atoms with E-state index in [4.69, 9.17) is 0 Å². The molecule has 0 N–H and O–H groups in total. The normalized spacial score (nSPS) is 47.7. The zero-order valence-electron chi connectivity index (χ0n) is 17.1. The third-order valence-corrected chi connectivity index (χ3v) is 9.94. The highest BCUT2D eigenvalue weighted by atomic mass is 19.1. The van der Waals surface area contributed by atoms with Crippen molar-refractivity contribution in [1.82, 2.24) is 0 Å². The molecule has 0 aromatic heterocycles. The lowest BCUT2D eigenvalue weighted by Gasteiger charge is -2.60. The number of ketones is 1. The van der Waals surface area contributed by atoms with Crippen molar-refractivity contribution in [3.05, 3.63) is 0 Å². The second-order valence-corrected chi connectivity index (χ2v) is 10.8. The molecule has 4 aliphatic carbocycles. The summed E-state index contributed by atoms with van der Waals surface area (Å²) in [5.74, 6) is 4.44. The lowest BCUT2D eigenvalue weighted by Crippen LogP contribution is -2.52. The van der Waals surface area contributed by atoms with Gasteiger partial charge < -0.3 is 0 Å². The van der Waals surface area contributed by atoms with Gasteiger partial charge in [-0.15, -0.1) is 0 Å². The van der Waals surface area contributed by atoms with E-state index in [1.807, 2.05) is 0 Å². The zero-order valence-corrected chi connectivity index (χ0v) is 17.1. The van der Waals surface area contributed by atoms with Gasteiger partial charge in [-0.2, -0.15) is 0 Å². The van der Waals surface area contributed by atoms with Gasteiger partial charge in [0.05, 0.1) is 0 Å². The van der Waals surface area contributed by atoms with Gasteiger partial charge in [0.15, 0.2) is 5.78 Å². The number of rotatable bonds is 5. The van der Waals surface area contributed by atoms with Crippen LogP contribution >= 0.6 is 0 Å². The van der Waals surface area contributed by atoms with E-state index in [2.05, 4.69) is 13.8 Å². The molecule has 4 fully saturated rings. The number of hydrogen-bond acceptors (Lipinski definition) is 1. The molecular formula is C24H39FO. The molecule has 1 nitrogen and oxygen atoms in total. The van der Waals surface area contributed by atoms with Crippen LogP contribution in [0.5, 0.6) is 0 Å². The van der Waals surface area contributed by atoms with E-state index in [1.165, 1.54) is 64.2 Å². The third kappa shape index (κ3) is 2.98. The molecule has 0 saturated heterocycles. The highest BCUT2D eigenvalue weighted by Crippen LogP contribution is 2.67. The van der Waals surface area contributed by atoms with Crippen LogP contribution in [0.3, 0.4) is 0 Å². The maximum atomic E-state index is 12.4. The summed E-state index contributed by atoms with van der Waals surface area (Å²) in [6, 6.07) is 0. The molecule has 0 aliphatic heterocycles. The number of halogens is 1. The second kappa shape index (κ2) is 7.21. The molecule has 0 bridgehead atoms. The fourth-order valence-electron chi connectivity index (χ4n) is 8.49. The lowest BCUT2D eigenvalue weighted by molar-refractivity contribution is -0.120. The summed E-state index contributed by atoms with van der Waals surface area (Å²) in [6.45, 7) is 4.47. The van der Waals surface area contributed by atoms with Crippen molar-refractivity contribution in [1.29, 1.82) is 0 Å². The van der Waals surface area contributed by atoms with Gasteiger partial charge >= 0.3 is 0 Å². The molecular weight excluding hydrogens is 323 g/mol. The molecule has 148 valence electrons. The molecule has 7 atom stereocenters. The summed E-state index contributed by atoms with van der Waals surface area (Å²) in [5.41, 5.74) is 1.13. The highest BCUT2D eigenvalue weighted by molar-refractivity contribution is 5.79. The minimum Gasteiger partial charge on any atom is -0.297 e. The summed E-state index contributed by atoms with van der Waals surface area (Å²) in [5, 5.41) is 0. The molecule has 0 radical (unpaired) electrons. The van der Waals surface area contributed by atoms with Crippen LogP contribution < -0.4 is 0 Å². The molecule has 0 heterocycles. The second-order valence-electron chi connectivity index (χ2n) is 10.8. The van der Waals surface area contributed by atoms with Gasteiger partial charge in [0.1, 0.15) is 6.67 Å². The van der Waals surface area contributed by atoms with Crippen molar-refractivity contribution < 1.29 is 9.18 Å². The van der Waals surface area contributed by atoms with Crippen LogP contribution in [0.25, 0.3) is 0 Å². The predicted molar refractivity (Wildman–Crippen MR) is 105 cm³/mol. The maximum absolute atomic E-state index is 12.4. The van der Waals surface area contributed by atoms with Gasteiger partial charge in [-0.05, 0) is 105 Å². The molecule has 4 rings (SSSR count). The molecule has 0 amide bonds. The van der Waals surface area contributed by atoms with E-state index in [0.717, 1.165) is 42.4 Å². The Morgan fingerprint density at radius 3 is 2.54 bits per heavy atom. The Hall–Kier alpha value is -0.400. The van der Waals surface area contributed by atoms with E-state index in [-0.39, 0.29) is 5.78 Å². The van der Waals surface area contributed by atoms with Gasteiger partial charge in [-0.25, -0.2) is 4.39 Å². The fraction of sp³-hybridized carbons (Fsp3) is 0.958. The Balaban J connectivity index is 1.45. The van der Waals surface area contributed by atoms with Crippen LogP contribution in [-0.4, -0.2) is 12.5 Å². The smallest absolute Gasteiger partial charge is 0.163 e. The molecule has 4 saturated carbocycles. The molecule has 26 heavy (non-hydrogen) atoms. The van der Waals surface area contributed by atoms with Crippen LogP contribution in [0.15, 0.2) is 0 Å². The summed E-state index contributed by atoms with van der Waals surface area (Å²) in [6.07, 6.45) is 17.0. The van der Waals surface area contributed by atoms with Crippen LogP contribution in [-0.2, 0) is 4.79 Å². The first-order valence-corrected chi connectivity index (χ1v) is 11.6. The number of hydrogen-bond donors (Lipinski definition) is 0. The van der Waals surface area contributed by atoms with Gasteiger partial charge in [-0.3, -0.25) is 4.79 Å². The first-order valence-electron chi connectivity index (χ1n) is 11.6. The van der Waals surface area contributed by atoms with Crippen molar-refractivity contribution in [2.75, 3.05) is 6.67 Å². The van der Waals surface area contributed by atoms with Gasteiger partial charge in [-0.1, -0.05) is 26.7 Å². The summed E-state index contributed by atoms with van der Waals surface area (Å²) >= 11 is 0. The highest BCUT2D eigenvalue weighted by Gasteiger charge is 2.59. The Morgan fingerprint density at radius 2 is 1.73 bits per heavy atom. The number of carbonyl (C=O) groups is 1. The molecule has 0 aromatic rings. The topological polar surface area (TPSA) is 17.1 Å². The number of carbonyl (C=O) groups excluding carboxylic acids is 1. The number of alkyl halides is 1. The van der Waals surface area contributed by atoms with Crippen LogP contribution in [0.4, 0.5) is 4.39 Å². The Bertz CT molecular complexity index is 530. The molecule has 0 spiro atoms. The predicted octanol–water partition coefficient (Wildman–Crippen LogP) is 6.74. The zero-order chi connectivity index (χ0) is 18.4. The SMILES string of the molecule is CC12CCCCC1CCC1C2CCC2(C)C(CCCC(=O)CF)CCC12. The first kappa shape index (κ1) is 18.9. The van der Waals surface area contributed by atoms with Crippen molar-refractivity contribution in [3.8, 4) is 0 Å².